The largest absolute Gasteiger partial charge is 0.496 e. The zero-order chi connectivity index (χ0) is 14.1. The molecule has 0 bridgehead atoms. The molecular formula is C10H7BrF6O. The Morgan fingerprint density at radius 3 is 1.78 bits per heavy atom. The van der Waals surface area contributed by atoms with Crippen LogP contribution in [0, 0.1) is 0 Å². The second-order valence-corrected chi connectivity index (χ2v) is 3.90. The zero-order valence-corrected chi connectivity index (χ0v) is 10.5. The first-order valence-corrected chi connectivity index (χ1v) is 5.64. The van der Waals surface area contributed by atoms with Gasteiger partial charge in [-0.2, -0.15) is 26.3 Å². The summed E-state index contributed by atoms with van der Waals surface area (Å²) in [5.41, 5.74) is -3.47. The fourth-order valence-electron chi connectivity index (χ4n) is 1.39. The maximum atomic E-state index is 12.6. The summed E-state index contributed by atoms with van der Waals surface area (Å²) in [4.78, 5) is 0. The molecule has 1 aromatic carbocycles. The molecule has 1 aromatic rings. The molecule has 0 atom stereocenters. The number of hydrogen-bond donors (Lipinski definition) is 0. The zero-order valence-electron chi connectivity index (χ0n) is 8.92. The van der Waals surface area contributed by atoms with E-state index in [1.54, 1.807) is 0 Å². The first-order valence-electron chi connectivity index (χ1n) is 4.52. The molecule has 18 heavy (non-hydrogen) atoms. The topological polar surface area (TPSA) is 9.23 Å². The Morgan fingerprint density at radius 1 is 1.00 bits per heavy atom. The van der Waals surface area contributed by atoms with E-state index in [0.29, 0.717) is 12.1 Å². The maximum Gasteiger partial charge on any atom is 0.417 e. The lowest BCUT2D eigenvalue weighted by Crippen LogP contribution is -2.17. The van der Waals surface area contributed by atoms with E-state index in [-0.39, 0.29) is 16.6 Å². The molecule has 0 spiro atoms. The van der Waals surface area contributed by atoms with Gasteiger partial charge in [-0.05, 0) is 12.1 Å². The van der Waals surface area contributed by atoms with Gasteiger partial charge in [-0.1, -0.05) is 15.9 Å². The van der Waals surface area contributed by atoms with Gasteiger partial charge in [0.1, 0.15) is 5.75 Å². The molecule has 0 aliphatic heterocycles. The fraction of sp³-hybridized carbons (Fsp3) is 0.400. The maximum absolute atomic E-state index is 12.6. The molecule has 0 aliphatic carbocycles. The van der Waals surface area contributed by atoms with E-state index in [1.165, 1.54) is 0 Å². The molecule has 102 valence electrons. The predicted molar refractivity (Wildman–Crippen MR) is 55.6 cm³/mol. The molecule has 0 amide bonds. The predicted octanol–water partition coefficient (Wildman–Crippen LogP) is 4.63. The minimum atomic E-state index is -5.09. The minimum absolute atomic E-state index is 0.00201. The second kappa shape index (κ2) is 4.99. The lowest BCUT2D eigenvalue weighted by molar-refractivity contribution is -0.162. The smallest absolute Gasteiger partial charge is 0.417 e. The molecule has 0 saturated carbocycles. The average molecular weight is 337 g/mol. The molecule has 0 aromatic heterocycles. The summed E-state index contributed by atoms with van der Waals surface area (Å²) in [6.45, 7) is 0. The number of methoxy groups -OCH3 is 1. The van der Waals surface area contributed by atoms with Crippen LogP contribution in [0.1, 0.15) is 16.7 Å². The van der Waals surface area contributed by atoms with Gasteiger partial charge in [-0.15, -0.1) is 0 Å². The van der Waals surface area contributed by atoms with Crippen LogP contribution in [0.3, 0.4) is 0 Å². The van der Waals surface area contributed by atoms with Gasteiger partial charge in [0.05, 0.1) is 18.2 Å². The Bertz CT molecular complexity index is 396. The first kappa shape index (κ1) is 15.1. The number of rotatable bonds is 2. The highest BCUT2D eigenvalue weighted by molar-refractivity contribution is 9.08. The van der Waals surface area contributed by atoms with Gasteiger partial charge in [-0.3, -0.25) is 0 Å². The highest BCUT2D eigenvalue weighted by Crippen LogP contribution is 2.43. The van der Waals surface area contributed by atoms with Crippen molar-refractivity contribution in [2.75, 3.05) is 7.11 Å². The van der Waals surface area contributed by atoms with Crippen molar-refractivity contribution in [1.29, 1.82) is 0 Å². The van der Waals surface area contributed by atoms with Gasteiger partial charge in [-0.25, -0.2) is 0 Å². The molecule has 0 N–H and O–H groups in total. The van der Waals surface area contributed by atoms with Gasteiger partial charge in [0.2, 0.25) is 0 Å². The Kier molecular flexibility index (Phi) is 4.19. The van der Waals surface area contributed by atoms with Crippen LogP contribution < -0.4 is 4.74 Å². The number of hydrogen-bond acceptors (Lipinski definition) is 1. The summed E-state index contributed by atoms with van der Waals surface area (Å²) in [5, 5.41) is -0.0443. The van der Waals surface area contributed by atoms with E-state index < -0.39 is 23.5 Å². The Labute approximate surface area is 107 Å². The minimum Gasteiger partial charge on any atom is -0.496 e. The Morgan fingerprint density at radius 2 is 1.44 bits per heavy atom. The van der Waals surface area contributed by atoms with E-state index in [0.717, 1.165) is 7.11 Å². The normalized spacial score (nSPS) is 12.7. The first-order chi connectivity index (χ1) is 8.11. The average Bonchev–Trinajstić information content (AvgIpc) is 2.24. The van der Waals surface area contributed by atoms with E-state index in [4.69, 9.17) is 0 Å². The summed E-state index contributed by atoms with van der Waals surface area (Å²) in [6, 6.07) is 0.801. The Hall–Kier alpha value is -0.920. The van der Waals surface area contributed by atoms with Crippen LogP contribution in [0.25, 0.3) is 0 Å². The van der Waals surface area contributed by atoms with Crippen molar-refractivity contribution in [2.24, 2.45) is 0 Å². The molecule has 1 nitrogen and oxygen atoms in total. The lowest BCUT2D eigenvalue weighted by atomic mass is 10.0. The van der Waals surface area contributed by atoms with Crippen molar-refractivity contribution in [3.8, 4) is 5.75 Å². The van der Waals surface area contributed by atoms with Crippen LogP contribution in [-0.2, 0) is 17.7 Å². The van der Waals surface area contributed by atoms with Gasteiger partial charge in [0, 0.05) is 10.9 Å². The SMILES string of the molecule is COc1cc(C(F)(F)F)c(C(F)(F)F)cc1CBr. The fourth-order valence-corrected chi connectivity index (χ4v) is 1.83. The van der Waals surface area contributed by atoms with Crippen LogP contribution in [-0.4, -0.2) is 7.11 Å². The van der Waals surface area contributed by atoms with Crippen LogP contribution in [0.15, 0.2) is 12.1 Å². The van der Waals surface area contributed by atoms with E-state index >= 15 is 0 Å². The number of halogens is 7. The molecule has 8 heteroatoms. The molecule has 0 radical (unpaired) electrons. The standard InChI is InChI=1S/C10H7BrF6O/c1-18-8-3-7(10(15,16)17)6(9(12,13)14)2-5(8)4-11/h2-3H,4H2,1H3. The van der Waals surface area contributed by atoms with Crippen molar-refractivity contribution >= 4 is 15.9 Å². The summed E-state index contributed by atoms with van der Waals surface area (Å²) < 4.78 is 80.1. The number of alkyl halides is 7. The molecule has 1 rings (SSSR count). The molecule has 0 unspecified atom stereocenters. The van der Waals surface area contributed by atoms with Crippen molar-refractivity contribution in [2.45, 2.75) is 17.7 Å². The molecule has 0 saturated heterocycles. The summed E-state index contributed by atoms with van der Waals surface area (Å²) >= 11 is 2.90. The lowest BCUT2D eigenvalue weighted by Gasteiger charge is -2.18. The van der Waals surface area contributed by atoms with Crippen LogP contribution in [0.2, 0.25) is 0 Å². The van der Waals surface area contributed by atoms with Crippen molar-refractivity contribution in [3.63, 3.8) is 0 Å². The highest BCUT2D eigenvalue weighted by Gasteiger charge is 2.43. The highest BCUT2D eigenvalue weighted by atomic mass is 79.9. The van der Waals surface area contributed by atoms with Crippen molar-refractivity contribution < 1.29 is 31.1 Å². The third-order valence-corrected chi connectivity index (χ3v) is 2.78. The monoisotopic (exact) mass is 336 g/mol. The van der Waals surface area contributed by atoms with Crippen LogP contribution >= 0.6 is 15.9 Å². The quantitative estimate of drug-likeness (QED) is 0.565. The summed E-state index contributed by atoms with van der Waals surface area (Å²) in [5.74, 6) is -0.243. The molecular weight excluding hydrogens is 330 g/mol. The van der Waals surface area contributed by atoms with Gasteiger partial charge >= 0.3 is 12.4 Å². The number of benzene rings is 1. The third kappa shape index (κ3) is 3.09. The summed E-state index contributed by atoms with van der Waals surface area (Å²) in [6.07, 6.45) is -10.2. The molecule has 0 heterocycles. The summed E-state index contributed by atoms with van der Waals surface area (Å²) in [7, 11) is 1.09. The van der Waals surface area contributed by atoms with E-state index in [9.17, 15) is 26.3 Å². The third-order valence-electron chi connectivity index (χ3n) is 2.18. The van der Waals surface area contributed by atoms with Crippen molar-refractivity contribution in [1.82, 2.24) is 0 Å². The Balaban J connectivity index is 3.57. The van der Waals surface area contributed by atoms with E-state index in [1.807, 2.05) is 0 Å². The van der Waals surface area contributed by atoms with E-state index in [2.05, 4.69) is 20.7 Å². The van der Waals surface area contributed by atoms with Gasteiger partial charge in [0.15, 0.2) is 0 Å². The van der Waals surface area contributed by atoms with Crippen LogP contribution in [0.5, 0.6) is 5.75 Å². The van der Waals surface area contributed by atoms with Gasteiger partial charge in [0.25, 0.3) is 0 Å². The molecule has 0 fully saturated rings. The van der Waals surface area contributed by atoms with Crippen LogP contribution in [0.4, 0.5) is 26.3 Å². The number of ether oxygens (including phenoxy) is 1. The van der Waals surface area contributed by atoms with Gasteiger partial charge < -0.3 is 4.74 Å². The second-order valence-electron chi connectivity index (χ2n) is 3.34. The van der Waals surface area contributed by atoms with Crippen molar-refractivity contribution in [3.05, 3.63) is 28.8 Å². The molecule has 0 aliphatic rings.